The van der Waals surface area contributed by atoms with Crippen LogP contribution >= 0.6 is 0 Å². The SMILES string of the molecule is COc1ccc2ncc(=O)n(CC(F)CO[Si](c3ccccc3)(c3ccccc3)C(C)(C)C)c2c1. The monoisotopic (exact) mass is 490 g/mol. The molecule has 35 heavy (non-hydrogen) atoms. The number of fused-ring (bicyclic) bond motifs is 1. The predicted molar refractivity (Wildman–Crippen MR) is 141 cm³/mol. The molecule has 0 spiro atoms. The summed E-state index contributed by atoms with van der Waals surface area (Å²) in [7, 11) is -1.32. The molecule has 0 aliphatic rings. The smallest absolute Gasteiger partial charge is 0.269 e. The third-order valence-electron chi connectivity index (χ3n) is 6.33. The average Bonchev–Trinajstić information content (AvgIpc) is 2.86. The fourth-order valence-electron chi connectivity index (χ4n) is 4.68. The Labute approximate surface area is 206 Å². The van der Waals surface area contributed by atoms with E-state index in [1.165, 1.54) is 10.8 Å². The Morgan fingerprint density at radius 3 is 2.11 bits per heavy atom. The maximum Gasteiger partial charge on any atom is 0.269 e. The van der Waals surface area contributed by atoms with Crippen LogP contribution in [0, 0.1) is 0 Å². The number of rotatable bonds is 8. The fourth-order valence-corrected chi connectivity index (χ4v) is 9.27. The van der Waals surface area contributed by atoms with E-state index in [4.69, 9.17) is 9.16 Å². The standard InChI is InChI=1S/C28H31FN2O3Si/c1-28(2,3)35(23-11-7-5-8-12-23,24-13-9-6-10-14-24)34-20-21(29)19-31-26-17-22(33-4)15-16-25(26)30-18-27(31)32/h5-18,21H,19-20H2,1-4H3. The van der Waals surface area contributed by atoms with Crippen LogP contribution in [0.4, 0.5) is 4.39 Å². The van der Waals surface area contributed by atoms with Gasteiger partial charge in [0.05, 0.1) is 37.5 Å². The number of alkyl halides is 1. The van der Waals surface area contributed by atoms with Crippen molar-refractivity contribution in [1.82, 2.24) is 9.55 Å². The third-order valence-corrected chi connectivity index (χ3v) is 11.3. The summed E-state index contributed by atoms with van der Waals surface area (Å²) in [5, 5.41) is 1.91. The van der Waals surface area contributed by atoms with Crippen LogP contribution in [0.25, 0.3) is 11.0 Å². The van der Waals surface area contributed by atoms with E-state index in [-0.39, 0.29) is 23.7 Å². The van der Waals surface area contributed by atoms with Crippen LogP contribution in [0.1, 0.15) is 20.8 Å². The minimum atomic E-state index is -2.87. The highest BCUT2D eigenvalue weighted by atomic mass is 28.4. The van der Waals surface area contributed by atoms with Crippen molar-refractivity contribution in [3.05, 3.63) is 95.4 Å². The minimum absolute atomic E-state index is 0.131. The summed E-state index contributed by atoms with van der Waals surface area (Å²) in [6.07, 6.45) is -0.170. The zero-order valence-corrected chi connectivity index (χ0v) is 21.6. The minimum Gasteiger partial charge on any atom is -0.497 e. The molecule has 1 heterocycles. The molecule has 0 saturated heterocycles. The Morgan fingerprint density at radius 2 is 1.57 bits per heavy atom. The van der Waals surface area contributed by atoms with Gasteiger partial charge in [0, 0.05) is 6.07 Å². The van der Waals surface area contributed by atoms with E-state index in [1.54, 1.807) is 25.3 Å². The zero-order chi connectivity index (χ0) is 25.1. The van der Waals surface area contributed by atoms with Gasteiger partial charge in [-0.3, -0.25) is 4.79 Å². The second-order valence-electron chi connectivity index (χ2n) is 9.63. The molecular weight excluding hydrogens is 459 g/mol. The van der Waals surface area contributed by atoms with Crippen molar-refractivity contribution in [3.63, 3.8) is 0 Å². The molecule has 0 bridgehead atoms. The fraction of sp³-hybridized carbons (Fsp3) is 0.286. The molecule has 0 aliphatic heterocycles. The molecule has 0 N–H and O–H groups in total. The van der Waals surface area contributed by atoms with E-state index in [2.05, 4.69) is 50.0 Å². The van der Waals surface area contributed by atoms with Crippen LogP contribution in [-0.4, -0.2) is 37.8 Å². The van der Waals surface area contributed by atoms with Crippen LogP contribution < -0.4 is 20.7 Å². The van der Waals surface area contributed by atoms with Gasteiger partial charge in [0.1, 0.15) is 11.9 Å². The van der Waals surface area contributed by atoms with E-state index in [0.29, 0.717) is 16.8 Å². The number of hydrogen-bond acceptors (Lipinski definition) is 4. The summed E-state index contributed by atoms with van der Waals surface area (Å²) in [5.74, 6) is 0.581. The molecule has 4 rings (SSSR count). The largest absolute Gasteiger partial charge is 0.497 e. The summed E-state index contributed by atoms with van der Waals surface area (Å²) in [6, 6.07) is 25.5. The van der Waals surface area contributed by atoms with Crippen molar-refractivity contribution in [2.75, 3.05) is 13.7 Å². The van der Waals surface area contributed by atoms with Gasteiger partial charge >= 0.3 is 0 Å². The maximum atomic E-state index is 15.6. The molecule has 1 atom stereocenters. The maximum absolute atomic E-state index is 15.6. The van der Waals surface area contributed by atoms with Crippen LogP contribution in [0.5, 0.6) is 5.75 Å². The normalized spacial score (nSPS) is 13.1. The molecule has 0 amide bonds. The second kappa shape index (κ2) is 10.1. The van der Waals surface area contributed by atoms with Gasteiger partial charge in [-0.15, -0.1) is 0 Å². The topological polar surface area (TPSA) is 53.3 Å². The summed E-state index contributed by atoms with van der Waals surface area (Å²) >= 11 is 0. The lowest BCUT2D eigenvalue weighted by Crippen LogP contribution is -2.67. The summed E-state index contributed by atoms with van der Waals surface area (Å²) in [4.78, 5) is 16.8. The summed E-state index contributed by atoms with van der Waals surface area (Å²) in [6.45, 7) is 6.19. The number of halogens is 1. The van der Waals surface area contributed by atoms with Gasteiger partial charge in [-0.2, -0.15) is 0 Å². The average molecular weight is 491 g/mol. The Kier molecular flexibility index (Phi) is 7.19. The molecule has 1 unspecified atom stereocenters. The van der Waals surface area contributed by atoms with E-state index < -0.39 is 14.5 Å². The summed E-state index contributed by atoms with van der Waals surface area (Å²) in [5.41, 5.74) is 0.773. The van der Waals surface area contributed by atoms with Crippen molar-refractivity contribution in [2.45, 2.75) is 38.5 Å². The van der Waals surface area contributed by atoms with Crippen LogP contribution in [0.15, 0.2) is 89.9 Å². The molecule has 0 aliphatic carbocycles. The van der Waals surface area contributed by atoms with Gasteiger partial charge < -0.3 is 13.7 Å². The van der Waals surface area contributed by atoms with E-state index in [0.717, 1.165) is 10.4 Å². The van der Waals surface area contributed by atoms with E-state index in [1.807, 2.05) is 36.4 Å². The molecular formula is C28H31FN2O3Si. The molecule has 182 valence electrons. The molecule has 0 radical (unpaired) electrons. The van der Waals surface area contributed by atoms with Gasteiger partial charge in [0.2, 0.25) is 0 Å². The number of ether oxygens (including phenoxy) is 1. The van der Waals surface area contributed by atoms with Gasteiger partial charge in [0.25, 0.3) is 13.9 Å². The molecule has 1 aromatic heterocycles. The van der Waals surface area contributed by atoms with E-state index >= 15 is 4.39 Å². The first-order chi connectivity index (χ1) is 16.8. The quantitative estimate of drug-likeness (QED) is 0.345. The Morgan fingerprint density at radius 1 is 0.971 bits per heavy atom. The summed E-state index contributed by atoms with van der Waals surface area (Å²) < 4.78 is 29.0. The zero-order valence-electron chi connectivity index (χ0n) is 20.6. The van der Waals surface area contributed by atoms with Crippen LogP contribution in [0.3, 0.4) is 0 Å². The Bertz CT molecular complexity index is 1300. The first kappa shape index (κ1) is 24.8. The van der Waals surface area contributed by atoms with Gasteiger partial charge in [-0.05, 0) is 27.5 Å². The lowest BCUT2D eigenvalue weighted by Gasteiger charge is -2.43. The number of methoxy groups -OCH3 is 1. The predicted octanol–water partition coefficient (Wildman–Crippen LogP) is 4.32. The van der Waals surface area contributed by atoms with Crippen molar-refractivity contribution in [2.24, 2.45) is 0 Å². The van der Waals surface area contributed by atoms with Crippen molar-refractivity contribution < 1.29 is 13.6 Å². The van der Waals surface area contributed by atoms with E-state index in [9.17, 15) is 4.79 Å². The number of hydrogen-bond donors (Lipinski definition) is 0. The van der Waals surface area contributed by atoms with Crippen molar-refractivity contribution >= 4 is 29.7 Å². The van der Waals surface area contributed by atoms with Gasteiger partial charge in [-0.1, -0.05) is 81.4 Å². The highest BCUT2D eigenvalue weighted by molar-refractivity contribution is 6.99. The Balaban J connectivity index is 1.69. The van der Waals surface area contributed by atoms with Crippen molar-refractivity contribution in [3.8, 4) is 5.75 Å². The number of benzene rings is 3. The van der Waals surface area contributed by atoms with Gasteiger partial charge in [-0.25, -0.2) is 9.37 Å². The number of aromatic nitrogens is 2. The van der Waals surface area contributed by atoms with Crippen molar-refractivity contribution in [1.29, 1.82) is 0 Å². The van der Waals surface area contributed by atoms with Crippen LogP contribution in [0.2, 0.25) is 5.04 Å². The molecule has 4 aromatic rings. The molecule has 7 heteroatoms. The van der Waals surface area contributed by atoms with Gasteiger partial charge in [0.15, 0.2) is 0 Å². The lowest BCUT2D eigenvalue weighted by molar-refractivity contribution is 0.170. The first-order valence-corrected chi connectivity index (χ1v) is 13.6. The molecule has 3 aromatic carbocycles. The third kappa shape index (κ3) is 4.92. The molecule has 0 saturated carbocycles. The molecule has 0 fully saturated rings. The molecule has 5 nitrogen and oxygen atoms in total. The highest BCUT2D eigenvalue weighted by Crippen LogP contribution is 2.37. The lowest BCUT2D eigenvalue weighted by atomic mass is 10.2. The first-order valence-electron chi connectivity index (χ1n) is 11.7. The Hall–Kier alpha value is -3.29. The highest BCUT2D eigenvalue weighted by Gasteiger charge is 2.50. The van der Waals surface area contributed by atoms with Crippen LogP contribution in [-0.2, 0) is 11.0 Å². The number of nitrogens with zero attached hydrogens (tertiary/aromatic N) is 2. The second-order valence-corrected chi connectivity index (χ2v) is 13.9.